The first-order chi connectivity index (χ1) is 5.65. The van der Waals surface area contributed by atoms with Gasteiger partial charge in [0.25, 0.3) is 0 Å². The van der Waals surface area contributed by atoms with Crippen LogP contribution in [-0.2, 0) is 4.79 Å². The SMILES string of the molecule is CC1=CC=C(N(C)C=O)CN1C. The molecular formula is C9H14N2O. The third-order valence-corrected chi connectivity index (χ3v) is 2.13. The summed E-state index contributed by atoms with van der Waals surface area (Å²) in [6, 6.07) is 0. The lowest BCUT2D eigenvalue weighted by Gasteiger charge is -2.27. The number of carbonyl (C=O) groups is 1. The van der Waals surface area contributed by atoms with Crippen molar-refractivity contribution in [2.45, 2.75) is 6.92 Å². The van der Waals surface area contributed by atoms with Crippen LogP contribution in [0.25, 0.3) is 0 Å². The highest BCUT2D eigenvalue weighted by molar-refractivity contribution is 5.51. The van der Waals surface area contributed by atoms with E-state index in [0.29, 0.717) is 0 Å². The molecule has 0 aliphatic carbocycles. The van der Waals surface area contributed by atoms with Crippen molar-refractivity contribution in [2.75, 3.05) is 20.6 Å². The molecule has 0 aromatic heterocycles. The van der Waals surface area contributed by atoms with Gasteiger partial charge in [-0.15, -0.1) is 0 Å². The Balaban J connectivity index is 2.76. The number of rotatable bonds is 2. The van der Waals surface area contributed by atoms with Crippen molar-refractivity contribution < 1.29 is 4.79 Å². The van der Waals surface area contributed by atoms with E-state index < -0.39 is 0 Å². The summed E-state index contributed by atoms with van der Waals surface area (Å²) in [5, 5.41) is 0. The molecule has 12 heavy (non-hydrogen) atoms. The monoisotopic (exact) mass is 166 g/mol. The predicted octanol–water partition coefficient (Wildman–Crippen LogP) is 0.808. The van der Waals surface area contributed by atoms with Crippen LogP contribution in [0.3, 0.4) is 0 Å². The molecule has 1 heterocycles. The number of nitrogens with zero attached hydrogens (tertiary/aromatic N) is 2. The molecule has 0 aromatic carbocycles. The van der Waals surface area contributed by atoms with Crippen LogP contribution in [0.1, 0.15) is 6.92 Å². The van der Waals surface area contributed by atoms with Crippen LogP contribution in [0, 0.1) is 0 Å². The molecule has 0 bridgehead atoms. The first-order valence-electron chi connectivity index (χ1n) is 3.92. The number of hydrogen-bond acceptors (Lipinski definition) is 2. The molecule has 0 spiro atoms. The van der Waals surface area contributed by atoms with Gasteiger partial charge in [-0.3, -0.25) is 4.79 Å². The zero-order chi connectivity index (χ0) is 9.14. The van der Waals surface area contributed by atoms with Gasteiger partial charge in [0.2, 0.25) is 6.41 Å². The summed E-state index contributed by atoms with van der Waals surface area (Å²) in [5.41, 5.74) is 2.25. The van der Waals surface area contributed by atoms with Crippen LogP contribution in [0.15, 0.2) is 23.5 Å². The minimum absolute atomic E-state index is 0.803. The molecule has 3 nitrogen and oxygen atoms in total. The van der Waals surface area contributed by atoms with Crippen LogP contribution in [-0.4, -0.2) is 36.9 Å². The lowest BCUT2D eigenvalue weighted by molar-refractivity contribution is -0.115. The normalized spacial score (nSPS) is 16.8. The maximum Gasteiger partial charge on any atom is 0.213 e. The molecule has 0 fully saturated rings. The van der Waals surface area contributed by atoms with Crippen molar-refractivity contribution >= 4 is 6.41 Å². The molecule has 66 valence electrons. The molecule has 0 saturated carbocycles. The van der Waals surface area contributed by atoms with Crippen LogP contribution in [0.5, 0.6) is 0 Å². The summed E-state index contributed by atoms with van der Waals surface area (Å²) in [6.07, 6.45) is 4.82. The second kappa shape index (κ2) is 3.43. The molecule has 1 aliphatic heterocycles. The summed E-state index contributed by atoms with van der Waals surface area (Å²) in [4.78, 5) is 14.1. The van der Waals surface area contributed by atoms with E-state index in [0.717, 1.165) is 18.7 Å². The number of amides is 1. The standard InChI is InChI=1S/C9H14N2O/c1-8-4-5-9(6-10(8)2)11(3)7-12/h4-5,7H,6H2,1-3H3. The fourth-order valence-corrected chi connectivity index (χ4v) is 1.06. The van der Waals surface area contributed by atoms with Crippen molar-refractivity contribution in [3.05, 3.63) is 23.5 Å². The van der Waals surface area contributed by atoms with Gasteiger partial charge < -0.3 is 9.80 Å². The molecule has 0 radical (unpaired) electrons. The van der Waals surface area contributed by atoms with E-state index in [1.165, 1.54) is 5.70 Å². The highest BCUT2D eigenvalue weighted by atomic mass is 16.1. The van der Waals surface area contributed by atoms with Gasteiger partial charge in [-0.05, 0) is 19.1 Å². The van der Waals surface area contributed by atoms with E-state index in [1.54, 1.807) is 11.9 Å². The Morgan fingerprint density at radius 2 is 2.25 bits per heavy atom. The Hall–Kier alpha value is -1.25. The van der Waals surface area contributed by atoms with Gasteiger partial charge in [0.05, 0.1) is 6.54 Å². The lowest BCUT2D eigenvalue weighted by atomic mass is 10.2. The Labute approximate surface area is 73.0 Å². The maximum absolute atomic E-state index is 10.4. The fourth-order valence-electron chi connectivity index (χ4n) is 1.06. The highest BCUT2D eigenvalue weighted by Crippen LogP contribution is 2.12. The van der Waals surface area contributed by atoms with E-state index in [2.05, 4.69) is 4.90 Å². The summed E-state index contributed by atoms with van der Waals surface area (Å²) in [5.74, 6) is 0. The number of allylic oxidation sites excluding steroid dienone is 3. The fraction of sp³-hybridized carbons (Fsp3) is 0.444. The smallest absolute Gasteiger partial charge is 0.213 e. The van der Waals surface area contributed by atoms with E-state index in [1.807, 2.05) is 26.1 Å². The van der Waals surface area contributed by atoms with Crippen molar-refractivity contribution in [1.29, 1.82) is 0 Å². The van der Waals surface area contributed by atoms with Gasteiger partial charge >= 0.3 is 0 Å². The molecule has 3 heteroatoms. The van der Waals surface area contributed by atoms with Crippen molar-refractivity contribution in [3.8, 4) is 0 Å². The average molecular weight is 166 g/mol. The first kappa shape index (κ1) is 8.84. The third kappa shape index (κ3) is 1.67. The van der Waals surface area contributed by atoms with Crippen molar-refractivity contribution in [3.63, 3.8) is 0 Å². The van der Waals surface area contributed by atoms with E-state index in [-0.39, 0.29) is 0 Å². The van der Waals surface area contributed by atoms with Gasteiger partial charge in [-0.25, -0.2) is 0 Å². The maximum atomic E-state index is 10.4. The molecule has 0 atom stereocenters. The Morgan fingerprint density at radius 3 is 2.75 bits per heavy atom. The predicted molar refractivity (Wildman–Crippen MR) is 48.3 cm³/mol. The molecule has 1 rings (SSSR count). The van der Waals surface area contributed by atoms with Gasteiger partial charge in [0.1, 0.15) is 0 Å². The summed E-state index contributed by atoms with van der Waals surface area (Å²) < 4.78 is 0. The average Bonchev–Trinajstić information content (AvgIpc) is 2.08. The molecule has 0 saturated heterocycles. The summed E-state index contributed by atoms with van der Waals surface area (Å²) >= 11 is 0. The lowest BCUT2D eigenvalue weighted by Crippen LogP contribution is -2.29. The molecular weight excluding hydrogens is 152 g/mol. The minimum Gasteiger partial charge on any atom is -0.372 e. The van der Waals surface area contributed by atoms with Crippen LogP contribution in [0.2, 0.25) is 0 Å². The van der Waals surface area contributed by atoms with E-state index in [4.69, 9.17) is 0 Å². The Morgan fingerprint density at radius 1 is 1.58 bits per heavy atom. The quantitative estimate of drug-likeness (QED) is 0.567. The number of likely N-dealkylation sites (N-methyl/N-ethyl adjacent to an activating group) is 2. The Kier molecular flexibility index (Phi) is 2.53. The number of carbonyl (C=O) groups excluding carboxylic acids is 1. The minimum atomic E-state index is 0.803. The van der Waals surface area contributed by atoms with Crippen LogP contribution in [0.4, 0.5) is 0 Å². The highest BCUT2D eigenvalue weighted by Gasteiger charge is 2.10. The zero-order valence-electron chi connectivity index (χ0n) is 7.74. The Bertz CT molecular complexity index is 243. The van der Waals surface area contributed by atoms with Crippen molar-refractivity contribution in [1.82, 2.24) is 9.80 Å². The third-order valence-electron chi connectivity index (χ3n) is 2.13. The largest absolute Gasteiger partial charge is 0.372 e. The van der Waals surface area contributed by atoms with Gasteiger partial charge in [-0.1, -0.05) is 0 Å². The van der Waals surface area contributed by atoms with Crippen molar-refractivity contribution in [2.24, 2.45) is 0 Å². The topological polar surface area (TPSA) is 23.6 Å². The van der Waals surface area contributed by atoms with E-state index in [9.17, 15) is 4.79 Å². The number of hydrogen-bond donors (Lipinski definition) is 0. The molecule has 1 amide bonds. The summed E-state index contributed by atoms with van der Waals surface area (Å²) in [6.45, 7) is 2.85. The van der Waals surface area contributed by atoms with Gasteiger partial charge in [0.15, 0.2) is 0 Å². The molecule has 0 N–H and O–H groups in total. The second-order valence-electron chi connectivity index (χ2n) is 3.04. The van der Waals surface area contributed by atoms with Gasteiger partial charge in [0, 0.05) is 25.5 Å². The zero-order valence-corrected chi connectivity index (χ0v) is 7.74. The van der Waals surface area contributed by atoms with Crippen LogP contribution >= 0.6 is 0 Å². The molecule has 1 aliphatic rings. The first-order valence-corrected chi connectivity index (χ1v) is 3.92. The molecule has 0 aromatic rings. The van der Waals surface area contributed by atoms with E-state index >= 15 is 0 Å². The second-order valence-corrected chi connectivity index (χ2v) is 3.04. The molecule has 0 unspecified atom stereocenters. The van der Waals surface area contributed by atoms with Gasteiger partial charge in [-0.2, -0.15) is 0 Å². The van der Waals surface area contributed by atoms with Crippen LogP contribution < -0.4 is 0 Å². The summed E-state index contributed by atoms with van der Waals surface area (Å²) in [7, 11) is 3.78.